The highest BCUT2D eigenvalue weighted by Crippen LogP contribution is 2.47. The number of fused-ring (bicyclic) bond motifs is 3. The van der Waals surface area contributed by atoms with Crippen LogP contribution in [0.5, 0.6) is 5.75 Å². The number of aliphatic hydroxyl groups excluding tert-OH is 2. The molecule has 0 saturated carbocycles. The smallest absolute Gasteiger partial charge is 0.247 e. The average Bonchev–Trinajstić information content (AvgIpc) is 3.23. The summed E-state index contributed by atoms with van der Waals surface area (Å²) in [6, 6.07) is 11.5. The fraction of sp³-hybridized carbons (Fsp3) is 0.333. The van der Waals surface area contributed by atoms with Crippen molar-refractivity contribution in [2.75, 3.05) is 13.2 Å². The lowest BCUT2D eigenvalue weighted by molar-refractivity contribution is -0.133. The van der Waals surface area contributed by atoms with Gasteiger partial charge < -0.3 is 25.2 Å². The molecule has 0 radical (unpaired) electrons. The standard InChI is InChI=1S/C27H28Cl2N2O5/c1-15(2)11-23(33)31(14-16-7-8-19(28)20(29)12-16)21-13-18(27(35)30-9-10-32)24-17-5-3-4-6-22(17)36-26(24)25(21)34/h3-8,11-13,21,24-26,32,34H,9-10,14H2,1-2H3,(H,30,35). The number of amides is 2. The van der Waals surface area contributed by atoms with Crippen molar-refractivity contribution < 1.29 is 24.5 Å². The lowest BCUT2D eigenvalue weighted by atomic mass is 9.77. The Kier molecular flexibility index (Phi) is 8.05. The molecular formula is C27H28Cl2N2O5. The minimum Gasteiger partial charge on any atom is -0.486 e. The highest BCUT2D eigenvalue weighted by Gasteiger charge is 2.50. The number of aliphatic hydroxyl groups is 2. The highest BCUT2D eigenvalue weighted by molar-refractivity contribution is 6.42. The fourth-order valence-corrected chi connectivity index (χ4v) is 5.01. The van der Waals surface area contributed by atoms with Crippen LogP contribution in [0.2, 0.25) is 10.0 Å². The van der Waals surface area contributed by atoms with Crippen LogP contribution >= 0.6 is 23.2 Å². The molecule has 1 aliphatic carbocycles. The van der Waals surface area contributed by atoms with Crippen molar-refractivity contribution in [2.24, 2.45) is 0 Å². The van der Waals surface area contributed by atoms with E-state index < -0.39 is 24.2 Å². The molecule has 9 heteroatoms. The molecule has 0 spiro atoms. The van der Waals surface area contributed by atoms with Gasteiger partial charge in [-0.05, 0) is 43.7 Å². The first-order valence-electron chi connectivity index (χ1n) is 11.6. The largest absolute Gasteiger partial charge is 0.486 e. The van der Waals surface area contributed by atoms with Crippen LogP contribution < -0.4 is 10.1 Å². The molecule has 0 bridgehead atoms. The summed E-state index contributed by atoms with van der Waals surface area (Å²) in [5.74, 6) is -0.651. The number of ether oxygens (including phenoxy) is 1. The molecule has 0 fully saturated rings. The number of carbonyl (C=O) groups excluding carboxylic acids is 2. The average molecular weight is 531 g/mol. The van der Waals surface area contributed by atoms with Gasteiger partial charge in [-0.15, -0.1) is 0 Å². The molecule has 2 amide bonds. The van der Waals surface area contributed by atoms with Crippen LogP contribution in [0.4, 0.5) is 0 Å². The van der Waals surface area contributed by atoms with Crippen LogP contribution in [0.3, 0.4) is 0 Å². The van der Waals surface area contributed by atoms with E-state index in [2.05, 4.69) is 5.32 Å². The van der Waals surface area contributed by atoms with E-state index in [0.717, 1.165) is 11.1 Å². The summed E-state index contributed by atoms with van der Waals surface area (Å²) in [7, 11) is 0. The first kappa shape index (κ1) is 26.2. The molecule has 2 aliphatic rings. The van der Waals surface area contributed by atoms with E-state index in [9.17, 15) is 19.8 Å². The lowest BCUT2D eigenvalue weighted by Crippen LogP contribution is -2.55. The number of hydrogen-bond donors (Lipinski definition) is 3. The Balaban J connectivity index is 1.79. The Hall–Kier alpha value is -2.84. The SMILES string of the molecule is CC(C)=CC(=O)N(Cc1ccc(Cl)c(Cl)c1)C1C=C(C(=O)NCCO)C2c3ccccc3OC2C1O. The monoisotopic (exact) mass is 530 g/mol. The molecule has 36 heavy (non-hydrogen) atoms. The predicted octanol–water partition coefficient (Wildman–Crippen LogP) is 3.61. The fourth-order valence-electron chi connectivity index (χ4n) is 4.69. The van der Waals surface area contributed by atoms with Gasteiger partial charge in [0.25, 0.3) is 0 Å². The molecule has 2 aromatic rings. The van der Waals surface area contributed by atoms with E-state index in [-0.39, 0.29) is 31.5 Å². The number of hydrogen-bond acceptors (Lipinski definition) is 5. The zero-order valence-corrected chi connectivity index (χ0v) is 21.5. The Morgan fingerprint density at radius 2 is 1.89 bits per heavy atom. The normalized spacial score (nSPS) is 22.0. The maximum absolute atomic E-state index is 13.4. The highest BCUT2D eigenvalue weighted by atomic mass is 35.5. The number of rotatable bonds is 7. The predicted molar refractivity (Wildman–Crippen MR) is 138 cm³/mol. The Bertz CT molecular complexity index is 1220. The number of carbonyl (C=O) groups is 2. The number of halogens is 2. The van der Waals surface area contributed by atoms with Gasteiger partial charge in [-0.1, -0.05) is 53.0 Å². The Labute approximate surface area is 220 Å². The molecule has 0 aromatic heterocycles. The third kappa shape index (κ3) is 5.30. The van der Waals surface area contributed by atoms with Gasteiger partial charge in [0.1, 0.15) is 18.0 Å². The number of para-hydroxylation sites is 1. The molecule has 190 valence electrons. The Morgan fingerprint density at radius 3 is 2.58 bits per heavy atom. The molecule has 2 aromatic carbocycles. The Morgan fingerprint density at radius 1 is 1.14 bits per heavy atom. The zero-order chi connectivity index (χ0) is 26.0. The summed E-state index contributed by atoms with van der Waals surface area (Å²) in [4.78, 5) is 28.1. The van der Waals surface area contributed by atoms with Gasteiger partial charge in [-0.2, -0.15) is 0 Å². The van der Waals surface area contributed by atoms with Crippen molar-refractivity contribution in [3.63, 3.8) is 0 Å². The second-order valence-electron chi connectivity index (χ2n) is 9.12. The van der Waals surface area contributed by atoms with Crippen molar-refractivity contribution in [3.05, 3.63) is 86.9 Å². The molecular weight excluding hydrogens is 503 g/mol. The minimum absolute atomic E-state index is 0.0764. The molecule has 7 nitrogen and oxygen atoms in total. The summed E-state index contributed by atoms with van der Waals surface area (Å²) >= 11 is 12.3. The minimum atomic E-state index is -1.12. The van der Waals surface area contributed by atoms with Crippen LogP contribution in [0.15, 0.2) is 65.8 Å². The lowest BCUT2D eigenvalue weighted by Gasteiger charge is -2.40. The van der Waals surface area contributed by atoms with Crippen LogP contribution in [0, 0.1) is 0 Å². The summed E-state index contributed by atoms with van der Waals surface area (Å²) in [5.41, 5.74) is 2.66. The van der Waals surface area contributed by atoms with E-state index in [4.69, 9.17) is 27.9 Å². The first-order chi connectivity index (χ1) is 17.2. The van der Waals surface area contributed by atoms with Crippen LogP contribution in [-0.2, 0) is 16.1 Å². The third-order valence-electron chi connectivity index (χ3n) is 6.27. The molecule has 1 heterocycles. The second-order valence-corrected chi connectivity index (χ2v) is 9.93. The van der Waals surface area contributed by atoms with Crippen molar-refractivity contribution >= 4 is 35.0 Å². The third-order valence-corrected chi connectivity index (χ3v) is 7.01. The maximum Gasteiger partial charge on any atom is 0.247 e. The van der Waals surface area contributed by atoms with E-state index in [0.29, 0.717) is 26.9 Å². The van der Waals surface area contributed by atoms with E-state index in [1.807, 2.05) is 32.0 Å². The number of benzene rings is 2. The van der Waals surface area contributed by atoms with E-state index in [1.54, 1.807) is 30.3 Å². The van der Waals surface area contributed by atoms with E-state index in [1.165, 1.54) is 11.0 Å². The molecule has 4 atom stereocenters. The summed E-state index contributed by atoms with van der Waals surface area (Å²) in [6.45, 7) is 3.60. The van der Waals surface area contributed by atoms with Crippen molar-refractivity contribution in [1.29, 1.82) is 0 Å². The molecule has 3 N–H and O–H groups in total. The number of nitrogens with zero attached hydrogens (tertiary/aromatic N) is 1. The van der Waals surface area contributed by atoms with Gasteiger partial charge >= 0.3 is 0 Å². The number of nitrogens with one attached hydrogen (secondary N) is 1. The summed E-state index contributed by atoms with van der Waals surface area (Å²) in [6.07, 6.45) is 1.23. The quantitative estimate of drug-likeness (QED) is 0.475. The van der Waals surface area contributed by atoms with Crippen molar-refractivity contribution in [2.45, 2.75) is 44.6 Å². The topological polar surface area (TPSA) is 99.1 Å². The van der Waals surface area contributed by atoms with Gasteiger partial charge in [-0.3, -0.25) is 9.59 Å². The van der Waals surface area contributed by atoms with Gasteiger partial charge in [-0.25, -0.2) is 0 Å². The summed E-state index contributed by atoms with van der Waals surface area (Å²) in [5, 5.41) is 24.2. The van der Waals surface area contributed by atoms with Gasteiger partial charge in [0.2, 0.25) is 11.8 Å². The van der Waals surface area contributed by atoms with Gasteiger partial charge in [0, 0.05) is 30.3 Å². The van der Waals surface area contributed by atoms with Crippen LogP contribution in [0.25, 0.3) is 0 Å². The van der Waals surface area contributed by atoms with Gasteiger partial charge in [0.05, 0.1) is 28.6 Å². The molecule has 1 aliphatic heterocycles. The number of allylic oxidation sites excluding steroid dienone is 1. The molecule has 4 rings (SSSR count). The molecule has 4 unspecified atom stereocenters. The van der Waals surface area contributed by atoms with Crippen LogP contribution in [-0.4, -0.2) is 58.3 Å². The zero-order valence-electron chi connectivity index (χ0n) is 19.9. The van der Waals surface area contributed by atoms with Crippen molar-refractivity contribution in [1.82, 2.24) is 10.2 Å². The first-order valence-corrected chi connectivity index (χ1v) is 12.4. The van der Waals surface area contributed by atoms with E-state index >= 15 is 0 Å². The molecule has 0 saturated heterocycles. The van der Waals surface area contributed by atoms with Crippen molar-refractivity contribution in [3.8, 4) is 5.75 Å². The second kappa shape index (κ2) is 11.0. The maximum atomic E-state index is 13.4. The van der Waals surface area contributed by atoms with Gasteiger partial charge in [0.15, 0.2) is 0 Å². The van der Waals surface area contributed by atoms with Crippen LogP contribution in [0.1, 0.15) is 30.9 Å². The summed E-state index contributed by atoms with van der Waals surface area (Å²) < 4.78 is 6.12.